The van der Waals surface area contributed by atoms with E-state index in [2.05, 4.69) is 20.9 Å². The molecule has 1 aliphatic heterocycles. The molecule has 3 amide bonds. The summed E-state index contributed by atoms with van der Waals surface area (Å²) in [4.78, 5) is 53.9. The molecule has 0 radical (unpaired) electrons. The van der Waals surface area contributed by atoms with Gasteiger partial charge < -0.3 is 30.4 Å². The highest BCUT2D eigenvalue weighted by Crippen LogP contribution is 2.26. The summed E-state index contributed by atoms with van der Waals surface area (Å²) in [6.45, 7) is 4.10. The van der Waals surface area contributed by atoms with Gasteiger partial charge in [0.05, 0.1) is 18.7 Å². The number of aromatic nitrogens is 1. The van der Waals surface area contributed by atoms with Crippen LogP contribution in [0.2, 0.25) is 0 Å². The molecule has 35 heavy (non-hydrogen) atoms. The molecule has 0 spiro atoms. The minimum Gasteiger partial charge on any atom is -0.496 e. The molecule has 1 aromatic heterocycles. The SMILES string of the molecule is COCC(=O)/C(=C\C1CCNC1=O)NC(=O)[C@H](CC(C)C)NC(=O)c1cc2c(OC)cccc2[nH]1. The van der Waals surface area contributed by atoms with E-state index in [0.717, 1.165) is 10.9 Å². The predicted octanol–water partition coefficient (Wildman–Crippen LogP) is 1.67. The molecule has 1 saturated heterocycles. The van der Waals surface area contributed by atoms with Crippen LogP contribution in [0.1, 0.15) is 37.2 Å². The molecule has 0 bridgehead atoms. The third-order valence-corrected chi connectivity index (χ3v) is 5.71. The molecule has 0 saturated carbocycles. The van der Waals surface area contributed by atoms with Crippen molar-refractivity contribution in [2.75, 3.05) is 27.4 Å². The zero-order valence-corrected chi connectivity index (χ0v) is 20.4. The van der Waals surface area contributed by atoms with Crippen LogP contribution >= 0.6 is 0 Å². The molecule has 1 aliphatic rings. The summed E-state index contributed by atoms with van der Waals surface area (Å²) in [5, 5.41) is 8.84. The third-order valence-electron chi connectivity index (χ3n) is 5.71. The van der Waals surface area contributed by atoms with Crippen molar-refractivity contribution >= 4 is 34.4 Å². The number of aromatic amines is 1. The molecule has 10 nitrogen and oxygen atoms in total. The van der Waals surface area contributed by atoms with Gasteiger partial charge in [0.1, 0.15) is 24.1 Å². The van der Waals surface area contributed by atoms with Crippen LogP contribution in [0.25, 0.3) is 10.9 Å². The fourth-order valence-electron chi connectivity index (χ4n) is 3.97. The van der Waals surface area contributed by atoms with Crippen LogP contribution in [-0.4, -0.2) is 61.9 Å². The van der Waals surface area contributed by atoms with E-state index in [0.29, 0.717) is 25.1 Å². The average molecular weight is 485 g/mol. The van der Waals surface area contributed by atoms with E-state index in [1.165, 1.54) is 13.2 Å². The van der Waals surface area contributed by atoms with E-state index >= 15 is 0 Å². The first kappa shape index (κ1) is 26.0. The molecule has 0 aliphatic carbocycles. The molecule has 10 heteroatoms. The predicted molar refractivity (Wildman–Crippen MR) is 130 cm³/mol. The van der Waals surface area contributed by atoms with Gasteiger partial charge in [-0.3, -0.25) is 19.2 Å². The number of H-pyrrole nitrogens is 1. The van der Waals surface area contributed by atoms with Gasteiger partial charge in [0.15, 0.2) is 0 Å². The van der Waals surface area contributed by atoms with E-state index < -0.39 is 29.6 Å². The van der Waals surface area contributed by atoms with Gasteiger partial charge in [0.25, 0.3) is 5.91 Å². The zero-order valence-electron chi connectivity index (χ0n) is 20.4. The number of Topliss-reactive ketones (excluding diaryl/α,β-unsaturated/α-hetero) is 1. The first-order chi connectivity index (χ1) is 16.7. The molecule has 3 rings (SSSR count). The second-order valence-corrected chi connectivity index (χ2v) is 8.87. The molecule has 188 valence electrons. The fourth-order valence-corrected chi connectivity index (χ4v) is 3.97. The third kappa shape index (κ3) is 6.48. The highest BCUT2D eigenvalue weighted by molar-refractivity contribution is 6.04. The average Bonchev–Trinajstić information content (AvgIpc) is 3.43. The highest BCUT2D eigenvalue weighted by Gasteiger charge is 2.28. The van der Waals surface area contributed by atoms with Gasteiger partial charge >= 0.3 is 0 Å². The summed E-state index contributed by atoms with van der Waals surface area (Å²) >= 11 is 0. The maximum absolute atomic E-state index is 13.2. The molecular formula is C25H32N4O6. The number of ketones is 1. The number of benzene rings is 1. The van der Waals surface area contributed by atoms with Gasteiger partial charge in [-0.2, -0.15) is 0 Å². The van der Waals surface area contributed by atoms with Crippen LogP contribution in [0.5, 0.6) is 5.75 Å². The van der Waals surface area contributed by atoms with Gasteiger partial charge in [0.2, 0.25) is 17.6 Å². The lowest BCUT2D eigenvalue weighted by Gasteiger charge is -2.21. The van der Waals surface area contributed by atoms with Crippen LogP contribution in [0, 0.1) is 11.8 Å². The monoisotopic (exact) mass is 484 g/mol. The van der Waals surface area contributed by atoms with E-state index in [-0.39, 0.29) is 29.8 Å². The molecule has 2 atom stereocenters. The molecule has 2 aromatic rings. The first-order valence-corrected chi connectivity index (χ1v) is 11.5. The molecule has 2 heterocycles. The Morgan fingerprint density at radius 2 is 2.00 bits per heavy atom. The van der Waals surface area contributed by atoms with Crippen LogP contribution < -0.4 is 20.7 Å². The fraction of sp³-hybridized carbons (Fsp3) is 0.440. The Labute approximate surface area is 203 Å². The van der Waals surface area contributed by atoms with E-state index in [1.807, 2.05) is 26.0 Å². The van der Waals surface area contributed by atoms with Crippen molar-refractivity contribution in [3.8, 4) is 5.75 Å². The van der Waals surface area contributed by atoms with E-state index in [1.54, 1.807) is 19.2 Å². The van der Waals surface area contributed by atoms with Crippen LogP contribution in [-0.2, 0) is 19.1 Å². The van der Waals surface area contributed by atoms with Crippen molar-refractivity contribution in [2.24, 2.45) is 11.8 Å². The highest BCUT2D eigenvalue weighted by atomic mass is 16.5. The summed E-state index contributed by atoms with van der Waals surface area (Å²) in [7, 11) is 2.92. The second kappa shape index (κ2) is 11.7. The Bertz CT molecular complexity index is 1140. The molecule has 1 fully saturated rings. The van der Waals surface area contributed by atoms with Crippen LogP contribution in [0.4, 0.5) is 0 Å². The molecule has 1 unspecified atom stereocenters. The van der Waals surface area contributed by atoms with Gasteiger partial charge in [-0.15, -0.1) is 0 Å². The Hall–Kier alpha value is -3.66. The van der Waals surface area contributed by atoms with Crippen LogP contribution in [0.3, 0.4) is 0 Å². The van der Waals surface area contributed by atoms with Crippen molar-refractivity contribution in [1.29, 1.82) is 0 Å². The molecular weight excluding hydrogens is 452 g/mol. The topological polar surface area (TPSA) is 139 Å². The van der Waals surface area contributed by atoms with Gasteiger partial charge in [-0.1, -0.05) is 19.9 Å². The number of nitrogens with one attached hydrogen (secondary N) is 4. The van der Waals surface area contributed by atoms with Crippen molar-refractivity contribution in [1.82, 2.24) is 20.9 Å². The van der Waals surface area contributed by atoms with E-state index in [9.17, 15) is 19.2 Å². The van der Waals surface area contributed by atoms with Gasteiger partial charge in [-0.05, 0) is 43.0 Å². The lowest BCUT2D eigenvalue weighted by atomic mass is 10.0. The minimum atomic E-state index is -0.910. The first-order valence-electron chi connectivity index (χ1n) is 11.5. The summed E-state index contributed by atoms with van der Waals surface area (Å²) in [5.41, 5.74) is 0.988. The van der Waals surface area contributed by atoms with Gasteiger partial charge in [0, 0.05) is 24.6 Å². The summed E-state index contributed by atoms with van der Waals surface area (Å²) in [5.74, 6) is -1.50. The van der Waals surface area contributed by atoms with Crippen molar-refractivity contribution in [3.05, 3.63) is 41.7 Å². The lowest BCUT2D eigenvalue weighted by molar-refractivity contribution is -0.126. The largest absolute Gasteiger partial charge is 0.496 e. The maximum Gasteiger partial charge on any atom is 0.268 e. The number of fused-ring (bicyclic) bond motifs is 1. The number of methoxy groups -OCH3 is 2. The normalized spacial score (nSPS) is 16.8. The number of hydrogen-bond donors (Lipinski definition) is 4. The van der Waals surface area contributed by atoms with Crippen molar-refractivity contribution < 1.29 is 28.7 Å². The quantitative estimate of drug-likeness (QED) is 0.358. The number of carbonyl (C=O) groups excluding carboxylic acids is 4. The molecule has 1 aromatic carbocycles. The van der Waals surface area contributed by atoms with E-state index in [4.69, 9.17) is 9.47 Å². The maximum atomic E-state index is 13.2. The minimum absolute atomic E-state index is 0.0164. The number of rotatable bonds is 11. The van der Waals surface area contributed by atoms with Gasteiger partial charge in [-0.25, -0.2) is 0 Å². The number of carbonyl (C=O) groups is 4. The number of amides is 3. The number of hydrogen-bond acceptors (Lipinski definition) is 6. The smallest absolute Gasteiger partial charge is 0.268 e. The number of ether oxygens (including phenoxy) is 2. The Kier molecular flexibility index (Phi) is 8.64. The lowest BCUT2D eigenvalue weighted by Crippen LogP contribution is -2.48. The zero-order chi connectivity index (χ0) is 25.5. The van der Waals surface area contributed by atoms with Crippen LogP contribution in [0.15, 0.2) is 36.0 Å². The standard InChI is InChI=1S/C25H32N4O6/c1-14(2)10-19(29-25(33)20-12-16-17(27-20)6-5-7-22(16)35-4)24(32)28-18(21(30)13-34-3)11-15-8-9-26-23(15)31/h5-7,11-12,14-15,19,27H,8-10,13H2,1-4H3,(H,26,31)(H,28,32)(H,29,33)/b18-11+/t15?,19-/m0/s1. The summed E-state index contributed by atoms with van der Waals surface area (Å²) < 4.78 is 10.3. The van der Waals surface area contributed by atoms with Crippen molar-refractivity contribution in [3.63, 3.8) is 0 Å². The summed E-state index contributed by atoms with van der Waals surface area (Å²) in [6, 6.07) is 6.18. The van der Waals surface area contributed by atoms with Crippen molar-refractivity contribution in [2.45, 2.75) is 32.7 Å². The Morgan fingerprint density at radius 3 is 2.63 bits per heavy atom. The molecule has 4 N–H and O–H groups in total. The Balaban J connectivity index is 1.81. The Morgan fingerprint density at radius 1 is 1.23 bits per heavy atom. The second-order valence-electron chi connectivity index (χ2n) is 8.87. The summed E-state index contributed by atoms with van der Waals surface area (Å²) in [6.07, 6.45) is 2.32.